The number of hydrogen-bond acceptors (Lipinski definition) is 7. The smallest absolute Gasteiger partial charge is 0.344 e. The van der Waals surface area contributed by atoms with Crippen LogP contribution in [0.4, 0.5) is 5.82 Å². The summed E-state index contributed by atoms with van der Waals surface area (Å²) in [7, 11) is 0. The number of nitrogen functional groups attached to an aromatic ring is 1. The average molecular weight is 461 g/mol. The van der Waals surface area contributed by atoms with E-state index in [9.17, 15) is 9.59 Å². The number of carbonyl (C=O) groups excluding carboxylic acids is 2. The molecule has 2 aromatic heterocycles. The molecule has 2 N–H and O–H groups in total. The van der Waals surface area contributed by atoms with Crippen LogP contribution in [0.15, 0.2) is 48.5 Å². The van der Waals surface area contributed by atoms with Gasteiger partial charge in [-0.1, -0.05) is 39.3 Å². The van der Waals surface area contributed by atoms with Gasteiger partial charge in [-0.25, -0.2) is 19.6 Å². The zero-order chi connectivity index (χ0) is 24.2. The number of rotatable bonds is 8. The SMILES string of the molecule is CCCOC(=O)c1ccc(-n2c(N)c(C(=O)OCC(C)CC)c3nc4ccccc4nc32)cc1. The molecule has 2 heterocycles. The number of fused-ring (bicyclic) bond motifs is 2. The normalized spacial score (nSPS) is 12.1. The number of nitrogens with two attached hydrogens (primary N) is 1. The van der Waals surface area contributed by atoms with Crippen LogP contribution in [0.5, 0.6) is 0 Å². The van der Waals surface area contributed by atoms with Crippen molar-refractivity contribution in [2.75, 3.05) is 18.9 Å². The van der Waals surface area contributed by atoms with Gasteiger partial charge in [0.15, 0.2) is 5.65 Å². The third-order valence-corrected chi connectivity index (χ3v) is 5.70. The van der Waals surface area contributed by atoms with Crippen LogP contribution in [-0.2, 0) is 9.47 Å². The van der Waals surface area contributed by atoms with Crippen LogP contribution in [0.1, 0.15) is 54.3 Å². The molecular formula is C26H28N4O4. The molecule has 0 radical (unpaired) electrons. The van der Waals surface area contributed by atoms with Crippen LogP contribution in [0.25, 0.3) is 27.9 Å². The molecule has 1 atom stereocenters. The highest BCUT2D eigenvalue weighted by Gasteiger charge is 2.26. The lowest BCUT2D eigenvalue weighted by Crippen LogP contribution is -2.13. The summed E-state index contributed by atoms with van der Waals surface area (Å²) in [6.45, 7) is 6.64. The van der Waals surface area contributed by atoms with Crippen molar-refractivity contribution in [2.24, 2.45) is 5.92 Å². The number of aromatic nitrogens is 3. The summed E-state index contributed by atoms with van der Waals surface area (Å²) in [5.41, 5.74) is 9.89. The number of para-hydroxylation sites is 2. The number of ether oxygens (including phenoxy) is 2. The van der Waals surface area contributed by atoms with Gasteiger partial charge >= 0.3 is 11.9 Å². The molecule has 176 valence electrons. The standard InChI is InChI=1S/C26H28N4O4/c1-4-14-33-25(31)17-10-12-18(13-11-17)30-23(27)21(26(32)34-15-16(3)5-2)22-24(30)29-20-9-7-6-8-19(20)28-22/h6-13,16H,4-5,14-15,27H2,1-3H3. The van der Waals surface area contributed by atoms with Crippen molar-refractivity contribution >= 4 is 40.0 Å². The van der Waals surface area contributed by atoms with Gasteiger partial charge in [0, 0.05) is 5.69 Å². The number of carbonyl (C=O) groups is 2. The number of hydrogen-bond donors (Lipinski definition) is 1. The molecule has 0 aliphatic carbocycles. The topological polar surface area (TPSA) is 109 Å². The van der Waals surface area contributed by atoms with E-state index >= 15 is 0 Å². The Morgan fingerprint density at radius 3 is 2.29 bits per heavy atom. The van der Waals surface area contributed by atoms with Gasteiger partial charge in [-0.3, -0.25) is 4.57 Å². The lowest BCUT2D eigenvalue weighted by molar-refractivity contribution is 0.0449. The highest BCUT2D eigenvalue weighted by molar-refractivity contribution is 6.09. The monoisotopic (exact) mass is 460 g/mol. The zero-order valence-corrected chi connectivity index (χ0v) is 19.6. The Morgan fingerprint density at radius 2 is 1.65 bits per heavy atom. The van der Waals surface area contributed by atoms with Gasteiger partial charge in [0.05, 0.1) is 29.8 Å². The Kier molecular flexibility index (Phi) is 6.77. The van der Waals surface area contributed by atoms with E-state index in [1.807, 2.05) is 45.0 Å². The molecule has 0 saturated carbocycles. The first-order chi connectivity index (χ1) is 16.4. The fourth-order valence-corrected chi connectivity index (χ4v) is 3.56. The molecule has 4 aromatic rings. The molecule has 0 aliphatic rings. The first-order valence-corrected chi connectivity index (χ1v) is 11.5. The van der Waals surface area contributed by atoms with E-state index < -0.39 is 5.97 Å². The third kappa shape index (κ3) is 4.44. The molecule has 8 heteroatoms. The average Bonchev–Trinajstić information content (AvgIpc) is 3.14. The minimum absolute atomic E-state index is 0.181. The molecule has 0 amide bonds. The molecular weight excluding hydrogens is 432 g/mol. The molecule has 0 spiro atoms. The maximum atomic E-state index is 13.1. The molecule has 1 unspecified atom stereocenters. The van der Waals surface area contributed by atoms with E-state index in [1.54, 1.807) is 28.8 Å². The summed E-state index contributed by atoms with van der Waals surface area (Å²) in [4.78, 5) is 34.7. The van der Waals surface area contributed by atoms with Gasteiger partial charge in [0.25, 0.3) is 0 Å². The van der Waals surface area contributed by atoms with Crippen LogP contribution in [-0.4, -0.2) is 39.7 Å². The summed E-state index contributed by atoms with van der Waals surface area (Å²) < 4.78 is 12.4. The first kappa shape index (κ1) is 23.2. The largest absolute Gasteiger partial charge is 0.462 e. The van der Waals surface area contributed by atoms with E-state index in [-0.39, 0.29) is 29.9 Å². The van der Waals surface area contributed by atoms with Gasteiger partial charge in [0.2, 0.25) is 0 Å². The predicted octanol–water partition coefficient (Wildman–Crippen LogP) is 4.93. The van der Waals surface area contributed by atoms with Crippen LogP contribution in [0, 0.1) is 5.92 Å². The minimum Gasteiger partial charge on any atom is -0.462 e. The fraction of sp³-hybridized carbons (Fsp3) is 0.308. The van der Waals surface area contributed by atoms with E-state index in [2.05, 4.69) is 0 Å². The van der Waals surface area contributed by atoms with Crippen molar-refractivity contribution in [1.82, 2.24) is 14.5 Å². The Morgan fingerprint density at radius 1 is 0.971 bits per heavy atom. The number of esters is 2. The third-order valence-electron chi connectivity index (χ3n) is 5.70. The van der Waals surface area contributed by atoms with Crippen LogP contribution < -0.4 is 5.73 Å². The summed E-state index contributed by atoms with van der Waals surface area (Å²) in [5, 5.41) is 0. The maximum Gasteiger partial charge on any atom is 0.344 e. The van der Waals surface area contributed by atoms with Crippen LogP contribution in [0.3, 0.4) is 0 Å². The second-order valence-electron chi connectivity index (χ2n) is 8.27. The van der Waals surface area contributed by atoms with E-state index in [1.165, 1.54) is 0 Å². The van der Waals surface area contributed by atoms with Crippen LogP contribution in [0.2, 0.25) is 0 Å². The highest BCUT2D eigenvalue weighted by Crippen LogP contribution is 2.31. The van der Waals surface area contributed by atoms with Crippen molar-refractivity contribution < 1.29 is 19.1 Å². The summed E-state index contributed by atoms with van der Waals surface area (Å²) in [6.07, 6.45) is 1.64. The molecule has 2 aromatic carbocycles. The number of nitrogens with zero attached hydrogens (tertiary/aromatic N) is 3. The van der Waals surface area contributed by atoms with Crippen molar-refractivity contribution in [1.29, 1.82) is 0 Å². The first-order valence-electron chi connectivity index (χ1n) is 11.5. The second kappa shape index (κ2) is 9.91. The van der Waals surface area contributed by atoms with Gasteiger partial charge in [-0.15, -0.1) is 0 Å². The zero-order valence-electron chi connectivity index (χ0n) is 19.6. The number of benzene rings is 2. The Hall–Kier alpha value is -3.94. The lowest BCUT2D eigenvalue weighted by Gasteiger charge is -2.10. The quantitative estimate of drug-likeness (QED) is 0.371. The summed E-state index contributed by atoms with van der Waals surface area (Å²) >= 11 is 0. The molecule has 0 bridgehead atoms. The summed E-state index contributed by atoms with van der Waals surface area (Å²) in [5.74, 6) is -0.518. The van der Waals surface area contributed by atoms with Crippen molar-refractivity contribution in [3.63, 3.8) is 0 Å². The van der Waals surface area contributed by atoms with Crippen LogP contribution >= 0.6 is 0 Å². The highest BCUT2D eigenvalue weighted by atomic mass is 16.5. The summed E-state index contributed by atoms with van der Waals surface area (Å²) in [6, 6.07) is 14.2. The Labute approximate surface area is 197 Å². The Balaban J connectivity index is 1.83. The molecule has 4 rings (SSSR count). The van der Waals surface area contributed by atoms with E-state index in [0.29, 0.717) is 40.1 Å². The molecule has 0 fully saturated rings. The molecule has 0 saturated heterocycles. The molecule has 8 nitrogen and oxygen atoms in total. The van der Waals surface area contributed by atoms with Gasteiger partial charge < -0.3 is 15.2 Å². The maximum absolute atomic E-state index is 13.1. The minimum atomic E-state index is -0.536. The van der Waals surface area contributed by atoms with Gasteiger partial charge in [-0.05, 0) is 48.7 Å². The molecule has 0 aliphatic heterocycles. The predicted molar refractivity (Wildman–Crippen MR) is 131 cm³/mol. The fourth-order valence-electron chi connectivity index (χ4n) is 3.56. The van der Waals surface area contributed by atoms with Crippen molar-refractivity contribution in [3.8, 4) is 5.69 Å². The van der Waals surface area contributed by atoms with Crippen molar-refractivity contribution in [2.45, 2.75) is 33.6 Å². The van der Waals surface area contributed by atoms with Crippen molar-refractivity contribution in [3.05, 3.63) is 59.7 Å². The van der Waals surface area contributed by atoms with Gasteiger partial charge in [-0.2, -0.15) is 0 Å². The lowest BCUT2D eigenvalue weighted by atomic mass is 10.1. The Bertz CT molecular complexity index is 1340. The van der Waals surface area contributed by atoms with E-state index in [4.69, 9.17) is 25.2 Å². The van der Waals surface area contributed by atoms with E-state index in [0.717, 1.165) is 12.8 Å². The number of anilines is 1. The molecule has 34 heavy (non-hydrogen) atoms. The second-order valence-corrected chi connectivity index (χ2v) is 8.27. The van der Waals surface area contributed by atoms with Gasteiger partial charge in [0.1, 0.15) is 16.9 Å².